The molecule has 0 radical (unpaired) electrons. The Morgan fingerprint density at radius 2 is 1.29 bits per heavy atom. The Hall–Kier alpha value is -1.35. The van der Waals surface area contributed by atoms with Crippen molar-refractivity contribution in [1.82, 2.24) is 0 Å². The van der Waals surface area contributed by atoms with Gasteiger partial charge in [0.25, 0.3) is 0 Å². The number of aliphatic carboxylic acids is 1. The molecule has 3 saturated heterocycles. The first kappa shape index (κ1) is 48.1. The highest BCUT2D eigenvalue weighted by Crippen LogP contribution is 2.76. The normalized spacial score (nSPS) is 53.9. The molecule has 63 heavy (non-hydrogen) atoms. The van der Waals surface area contributed by atoms with E-state index in [4.69, 9.17) is 28.4 Å². The quantitative estimate of drug-likeness (QED) is 0.119. The molecule has 0 spiro atoms. The summed E-state index contributed by atoms with van der Waals surface area (Å²) in [5, 5.41) is 96.4. The summed E-state index contributed by atoms with van der Waals surface area (Å²) in [4.78, 5) is 13.1. The van der Waals surface area contributed by atoms with Crippen LogP contribution in [-0.2, 0) is 33.2 Å². The molecule has 9 N–H and O–H groups in total. The van der Waals surface area contributed by atoms with Gasteiger partial charge in [0, 0.05) is 0 Å². The Bertz CT molecular complexity index is 1720. The van der Waals surface area contributed by atoms with Gasteiger partial charge in [-0.3, -0.25) is 4.79 Å². The van der Waals surface area contributed by atoms with Crippen molar-refractivity contribution >= 4 is 5.97 Å². The van der Waals surface area contributed by atoms with E-state index in [-0.39, 0.29) is 33.5 Å². The van der Waals surface area contributed by atoms with Gasteiger partial charge in [-0.15, -0.1) is 0 Å². The lowest BCUT2D eigenvalue weighted by atomic mass is 9.33. The second-order valence-electron chi connectivity index (χ2n) is 23.0. The first-order valence-electron chi connectivity index (χ1n) is 23.6. The number of ether oxygens (including phenoxy) is 6. The largest absolute Gasteiger partial charge is 0.481 e. The van der Waals surface area contributed by atoms with Crippen molar-refractivity contribution in [3.05, 3.63) is 11.6 Å². The molecule has 4 saturated carbocycles. The molecule has 8 aliphatic rings. The van der Waals surface area contributed by atoms with Gasteiger partial charge in [0.1, 0.15) is 61.0 Å². The topological polar surface area (TPSA) is 255 Å². The summed E-state index contributed by atoms with van der Waals surface area (Å²) in [7, 11) is 0. The molecule has 0 unspecified atom stereocenters. The number of carboxylic acids is 1. The van der Waals surface area contributed by atoms with E-state index in [0.717, 1.165) is 51.4 Å². The van der Waals surface area contributed by atoms with Gasteiger partial charge in [0.15, 0.2) is 18.9 Å². The van der Waals surface area contributed by atoms with Crippen molar-refractivity contribution in [2.24, 2.45) is 50.2 Å². The molecule has 0 amide bonds. The molecule has 0 bridgehead atoms. The van der Waals surface area contributed by atoms with E-state index in [9.17, 15) is 50.8 Å². The van der Waals surface area contributed by atoms with E-state index >= 15 is 0 Å². The highest BCUT2D eigenvalue weighted by Gasteiger charge is 2.70. The van der Waals surface area contributed by atoms with Crippen LogP contribution in [0.25, 0.3) is 0 Å². The fourth-order valence-corrected chi connectivity index (χ4v) is 14.9. The third-order valence-corrected chi connectivity index (χ3v) is 19.0. The predicted molar refractivity (Wildman–Crippen MR) is 223 cm³/mol. The third-order valence-electron chi connectivity index (χ3n) is 19.0. The van der Waals surface area contributed by atoms with Gasteiger partial charge in [-0.05, 0) is 116 Å². The number of carbonyl (C=O) groups is 1. The van der Waals surface area contributed by atoms with Crippen LogP contribution in [0.5, 0.6) is 0 Å². The maximum absolute atomic E-state index is 13.1. The Balaban J connectivity index is 1.06. The zero-order chi connectivity index (χ0) is 46.0. The van der Waals surface area contributed by atoms with Crippen LogP contribution in [0.2, 0.25) is 0 Å². The van der Waals surface area contributed by atoms with Gasteiger partial charge in [0.2, 0.25) is 0 Å². The smallest absolute Gasteiger partial charge is 0.310 e. The van der Waals surface area contributed by atoms with Crippen LogP contribution in [-0.4, -0.2) is 157 Å². The van der Waals surface area contributed by atoms with Crippen molar-refractivity contribution < 1.29 is 79.2 Å². The van der Waals surface area contributed by atoms with Crippen LogP contribution in [0.3, 0.4) is 0 Å². The summed E-state index contributed by atoms with van der Waals surface area (Å²) in [6.45, 7) is 16.5. The van der Waals surface area contributed by atoms with Gasteiger partial charge >= 0.3 is 5.97 Å². The van der Waals surface area contributed by atoms with Gasteiger partial charge in [-0.1, -0.05) is 60.1 Å². The first-order chi connectivity index (χ1) is 29.4. The Kier molecular flexibility index (Phi) is 12.8. The van der Waals surface area contributed by atoms with E-state index < -0.39 is 122 Å². The van der Waals surface area contributed by atoms with Gasteiger partial charge in [0.05, 0.1) is 30.8 Å². The lowest BCUT2D eigenvalue weighted by molar-refractivity contribution is -0.382. The monoisotopic (exact) mass is 897 g/mol. The van der Waals surface area contributed by atoms with E-state index in [0.29, 0.717) is 18.8 Å². The summed E-state index contributed by atoms with van der Waals surface area (Å²) in [5.41, 5.74) is -0.00790. The number of aliphatic hydroxyl groups excluding tert-OH is 8. The van der Waals surface area contributed by atoms with Crippen LogP contribution in [0.1, 0.15) is 120 Å². The molecular weight excluding hydrogens is 821 g/mol. The molecule has 5 aliphatic carbocycles. The van der Waals surface area contributed by atoms with Crippen molar-refractivity contribution in [1.29, 1.82) is 0 Å². The molecule has 16 heteroatoms. The lowest BCUT2D eigenvalue weighted by Gasteiger charge is -2.71. The minimum absolute atomic E-state index is 0.0204. The van der Waals surface area contributed by atoms with E-state index in [1.165, 1.54) is 12.5 Å². The number of allylic oxidation sites excluding steroid dienone is 2. The summed E-state index contributed by atoms with van der Waals surface area (Å²) in [6, 6.07) is 0. The second-order valence-corrected chi connectivity index (χ2v) is 23.0. The van der Waals surface area contributed by atoms with Crippen LogP contribution in [0.15, 0.2) is 11.6 Å². The van der Waals surface area contributed by atoms with E-state index in [1.54, 1.807) is 0 Å². The number of fused-ring (bicyclic) bond motifs is 7. The van der Waals surface area contributed by atoms with Gasteiger partial charge < -0.3 is 74.4 Å². The van der Waals surface area contributed by atoms with Crippen LogP contribution >= 0.6 is 0 Å². The summed E-state index contributed by atoms with van der Waals surface area (Å²) in [6.07, 6.45) is -9.99. The summed E-state index contributed by atoms with van der Waals surface area (Å²) >= 11 is 0. The standard InChI is InChI=1S/C47H76O16/c1-22-30(50)32(52)34(54)38(58-22)62-36-26(21-49)60-40(37(35(36)55)63-39-33(53)31(51)25(20-48)59-39)61-29-12-13-44(6)27(43(29,4)5)11-14-46(8)28(44)10-9-23-24-19-42(2,3)15-17-47(24,41(56)57)18-16-45(23,46)7/h9,22,24-40,48-55H,10-21H2,1-8H3,(H,56,57)/t22-,24-,25-,26+,27-,28+,29-,30-,31-,32+,33+,34+,35-,36+,37+,38-,39-,40-,44-,45+,46+,47-/m0/s1. The highest BCUT2D eigenvalue weighted by atomic mass is 16.8. The SMILES string of the molecule is C[C@@H]1O[C@@H](O[C@H]2[C@H](O)[C@@H](O[C@@H]3O[C@@H](CO)[C@H](O)[C@H]3O)[C@H](O[C@H]3CC[C@]4(C)[C@H]5CC=C6[C@@H]7CC(C)(C)CC[C@]7(C(=O)O)CC[C@@]6(C)[C@]5(C)CC[C@H]4C3(C)C)O[C@@H]2CO)[C@H](O)[C@H](O)[C@H]1O. The molecule has 0 aromatic carbocycles. The average molecular weight is 897 g/mol. The third kappa shape index (κ3) is 7.42. The van der Waals surface area contributed by atoms with Crippen molar-refractivity contribution in [2.45, 2.75) is 212 Å². The van der Waals surface area contributed by atoms with Crippen molar-refractivity contribution in [3.63, 3.8) is 0 Å². The summed E-state index contributed by atoms with van der Waals surface area (Å²) in [5.74, 6) is -0.0937. The molecule has 3 aliphatic heterocycles. The van der Waals surface area contributed by atoms with E-state index in [2.05, 4.69) is 54.5 Å². The lowest BCUT2D eigenvalue weighted by Crippen LogP contribution is -2.67. The fraction of sp³-hybridized carbons (Fsp3) is 0.936. The number of hydrogen-bond donors (Lipinski definition) is 9. The zero-order valence-corrected chi connectivity index (χ0v) is 38.3. The van der Waals surface area contributed by atoms with E-state index in [1.807, 2.05) is 0 Å². The Labute approximate surface area is 371 Å². The number of aliphatic hydroxyl groups is 8. The minimum Gasteiger partial charge on any atom is -0.481 e. The molecule has 0 aromatic rings. The fourth-order valence-electron chi connectivity index (χ4n) is 14.9. The molecule has 3 heterocycles. The van der Waals surface area contributed by atoms with Crippen molar-refractivity contribution in [2.75, 3.05) is 13.2 Å². The van der Waals surface area contributed by atoms with Crippen LogP contribution in [0, 0.1) is 50.2 Å². The molecule has 0 aromatic heterocycles. The molecular formula is C47H76O16. The van der Waals surface area contributed by atoms with Gasteiger partial charge in [-0.2, -0.15) is 0 Å². The first-order valence-corrected chi connectivity index (χ1v) is 23.6. The second kappa shape index (κ2) is 16.7. The van der Waals surface area contributed by atoms with Crippen LogP contribution < -0.4 is 0 Å². The molecule has 7 fully saturated rings. The maximum Gasteiger partial charge on any atom is 0.310 e. The zero-order valence-electron chi connectivity index (χ0n) is 38.3. The highest BCUT2D eigenvalue weighted by molar-refractivity contribution is 5.76. The summed E-state index contributed by atoms with van der Waals surface area (Å²) < 4.78 is 36.9. The Morgan fingerprint density at radius 1 is 0.667 bits per heavy atom. The molecule has 16 nitrogen and oxygen atoms in total. The molecule has 8 rings (SSSR count). The predicted octanol–water partition coefficient (Wildman–Crippen LogP) is 2.37. The minimum atomic E-state index is -1.73. The Morgan fingerprint density at radius 3 is 1.94 bits per heavy atom. The van der Waals surface area contributed by atoms with Crippen molar-refractivity contribution in [3.8, 4) is 0 Å². The molecule has 22 atom stereocenters. The number of carboxylic acid groups (broad SMARTS) is 1. The molecule has 360 valence electrons. The number of rotatable bonds is 9. The average Bonchev–Trinajstić information content (AvgIpc) is 3.49. The number of hydrogen-bond acceptors (Lipinski definition) is 15. The van der Waals surface area contributed by atoms with Crippen LogP contribution in [0.4, 0.5) is 0 Å². The van der Waals surface area contributed by atoms with Gasteiger partial charge in [-0.25, -0.2) is 0 Å². The maximum atomic E-state index is 13.1.